The van der Waals surface area contributed by atoms with Gasteiger partial charge in [-0.15, -0.1) is 0 Å². The molecule has 1 heterocycles. The van der Waals surface area contributed by atoms with E-state index in [1.54, 1.807) is 6.20 Å². The maximum absolute atomic E-state index is 10.7. The minimum Gasteiger partial charge on any atom is -0.446 e. The van der Waals surface area contributed by atoms with E-state index in [0.717, 1.165) is 54.6 Å². The molecule has 4 aliphatic rings. The van der Waals surface area contributed by atoms with Gasteiger partial charge in [0.05, 0.1) is 18.9 Å². The lowest BCUT2D eigenvalue weighted by molar-refractivity contribution is -0.112. The number of oxazole rings is 1. The molecule has 4 unspecified atom stereocenters. The van der Waals surface area contributed by atoms with Crippen LogP contribution < -0.4 is 0 Å². The predicted molar refractivity (Wildman–Crippen MR) is 121 cm³/mol. The van der Waals surface area contributed by atoms with Gasteiger partial charge in [-0.25, -0.2) is 4.98 Å². The van der Waals surface area contributed by atoms with Gasteiger partial charge >= 0.3 is 0 Å². The van der Waals surface area contributed by atoms with Crippen LogP contribution in [0.1, 0.15) is 83.3 Å². The standard InChI is InChI=1S/C26H40N2O3/c1-17-15-27-24(31-17)10-13-30-16-28-19-8-11-25(2)18(14-19)4-5-20-21-6-7-23(29)26(21,3)12-9-22(20)25/h15,18,20-23,29H,4-14,16H2,1-3H3/b28-19-/t18?,20?,21?,22?,23-,25-,26-/m0/s1. The van der Waals surface area contributed by atoms with Crippen LogP contribution in [0, 0.1) is 41.4 Å². The molecule has 4 fully saturated rings. The van der Waals surface area contributed by atoms with Crippen molar-refractivity contribution in [3.63, 3.8) is 0 Å². The fourth-order valence-corrected chi connectivity index (χ4v) is 8.05. The summed E-state index contributed by atoms with van der Waals surface area (Å²) in [5.41, 5.74) is 2.01. The number of hydrogen-bond acceptors (Lipinski definition) is 5. The first-order valence-electron chi connectivity index (χ1n) is 12.6. The smallest absolute Gasteiger partial charge is 0.196 e. The highest BCUT2D eigenvalue weighted by molar-refractivity contribution is 5.85. The number of hydrogen-bond donors (Lipinski definition) is 1. The molecule has 0 spiro atoms. The third-order valence-electron chi connectivity index (χ3n) is 9.96. The Morgan fingerprint density at radius 3 is 2.77 bits per heavy atom. The highest BCUT2D eigenvalue weighted by atomic mass is 16.5. The van der Waals surface area contributed by atoms with E-state index in [1.807, 2.05) is 6.92 Å². The lowest BCUT2D eigenvalue weighted by Crippen LogP contribution is -2.54. The van der Waals surface area contributed by atoms with Crippen LogP contribution in [0.3, 0.4) is 0 Å². The molecule has 5 nitrogen and oxygen atoms in total. The van der Waals surface area contributed by atoms with Crippen molar-refractivity contribution in [1.82, 2.24) is 4.98 Å². The van der Waals surface area contributed by atoms with Crippen molar-refractivity contribution in [3.05, 3.63) is 17.8 Å². The van der Waals surface area contributed by atoms with Crippen molar-refractivity contribution in [2.45, 2.75) is 91.1 Å². The van der Waals surface area contributed by atoms with E-state index in [-0.39, 0.29) is 11.5 Å². The van der Waals surface area contributed by atoms with Crippen LogP contribution in [-0.4, -0.2) is 35.2 Å². The fourth-order valence-electron chi connectivity index (χ4n) is 8.05. The normalized spacial score (nSPS) is 43.5. The second kappa shape index (κ2) is 8.30. The summed E-state index contributed by atoms with van der Waals surface area (Å²) in [5.74, 6) is 4.78. The van der Waals surface area contributed by atoms with E-state index in [9.17, 15) is 5.11 Å². The second-order valence-corrected chi connectivity index (χ2v) is 11.4. The van der Waals surface area contributed by atoms with Crippen LogP contribution in [-0.2, 0) is 11.2 Å². The number of aliphatic hydroxyl groups excluding tert-OH is 1. The molecule has 0 amide bonds. The van der Waals surface area contributed by atoms with Crippen molar-refractivity contribution >= 4 is 5.71 Å². The first-order chi connectivity index (χ1) is 14.9. The molecular weight excluding hydrogens is 388 g/mol. The van der Waals surface area contributed by atoms with Crippen molar-refractivity contribution in [3.8, 4) is 0 Å². The van der Waals surface area contributed by atoms with E-state index in [4.69, 9.17) is 14.1 Å². The van der Waals surface area contributed by atoms with Gasteiger partial charge in [0.2, 0.25) is 0 Å². The largest absolute Gasteiger partial charge is 0.446 e. The molecule has 0 aliphatic heterocycles. The Bertz CT molecular complexity index is 819. The molecule has 31 heavy (non-hydrogen) atoms. The molecule has 0 aromatic carbocycles. The zero-order chi connectivity index (χ0) is 21.6. The first-order valence-corrected chi connectivity index (χ1v) is 12.6. The zero-order valence-corrected chi connectivity index (χ0v) is 19.6. The highest BCUT2D eigenvalue weighted by Crippen LogP contribution is 2.65. The molecule has 0 radical (unpaired) electrons. The molecule has 4 aliphatic carbocycles. The monoisotopic (exact) mass is 428 g/mol. The number of rotatable bonds is 5. The van der Waals surface area contributed by atoms with E-state index >= 15 is 0 Å². The summed E-state index contributed by atoms with van der Waals surface area (Å²) in [4.78, 5) is 9.05. The molecule has 0 saturated heterocycles. The zero-order valence-electron chi connectivity index (χ0n) is 19.6. The van der Waals surface area contributed by atoms with Crippen LogP contribution >= 0.6 is 0 Å². The van der Waals surface area contributed by atoms with E-state index in [2.05, 4.69) is 18.8 Å². The Labute approximate surface area is 187 Å². The number of ether oxygens (including phenoxy) is 1. The number of fused-ring (bicyclic) bond motifs is 5. The van der Waals surface area contributed by atoms with Gasteiger partial charge in [0.1, 0.15) is 12.5 Å². The molecule has 172 valence electrons. The van der Waals surface area contributed by atoms with Crippen molar-refractivity contribution in [1.29, 1.82) is 0 Å². The van der Waals surface area contributed by atoms with Gasteiger partial charge in [-0.1, -0.05) is 13.8 Å². The Hall–Kier alpha value is -1.20. The third-order valence-corrected chi connectivity index (χ3v) is 9.96. The fraction of sp³-hybridized carbons (Fsp3) is 0.846. The van der Waals surface area contributed by atoms with Crippen LogP contribution in [0.15, 0.2) is 15.6 Å². The Morgan fingerprint density at radius 2 is 1.97 bits per heavy atom. The lowest BCUT2D eigenvalue weighted by atomic mass is 9.45. The van der Waals surface area contributed by atoms with Crippen molar-refractivity contribution in [2.75, 3.05) is 13.3 Å². The average Bonchev–Trinajstić information content (AvgIpc) is 3.30. The van der Waals surface area contributed by atoms with E-state index in [0.29, 0.717) is 25.2 Å². The van der Waals surface area contributed by atoms with E-state index < -0.39 is 0 Å². The molecule has 5 rings (SSSR count). The highest BCUT2D eigenvalue weighted by Gasteiger charge is 2.59. The van der Waals surface area contributed by atoms with Crippen LogP contribution in [0.5, 0.6) is 0 Å². The Kier molecular flexibility index (Phi) is 5.79. The van der Waals surface area contributed by atoms with Gasteiger partial charge in [0.25, 0.3) is 0 Å². The van der Waals surface area contributed by atoms with Crippen LogP contribution in [0.25, 0.3) is 0 Å². The molecule has 5 heteroatoms. The van der Waals surface area contributed by atoms with Gasteiger partial charge in [-0.2, -0.15) is 0 Å². The molecule has 1 aromatic rings. The molecule has 4 saturated carbocycles. The average molecular weight is 429 g/mol. The number of nitrogens with zero attached hydrogens (tertiary/aromatic N) is 2. The van der Waals surface area contributed by atoms with E-state index in [1.165, 1.54) is 44.2 Å². The molecule has 1 N–H and O–H groups in total. The SMILES string of the molecule is Cc1cnc(CCOC/N=C2/CC[C@@]3(C)C(CCC4C3CC[C@@]3(C)C4CC[C@@H]3O)C2)o1. The summed E-state index contributed by atoms with van der Waals surface area (Å²) in [5, 5.41) is 10.7. The van der Waals surface area contributed by atoms with Crippen molar-refractivity contribution < 1.29 is 14.3 Å². The predicted octanol–water partition coefficient (Wildman–Crippen LogP) is 5.34. The van der Waals surface area contributed by atoms with Crippen molar-refractivity contribution in [2.24, 2.45) is 39.5 Å². The number of aromatic nitrogens is 1. The second-order valence-electron chi connectivity index (χ2n) is 11.4. The quantitative estimate of drug-likeness (QED) is 0.643. The minimum atomic E-state index is -0.0679. The first kappa shape index (κ1) is 21.6. The van der Waals surface area contributed by atoms with Gasteiger partial charge in [-0.05, 0) is 99.2 Å². The summed E-state index contributed by atoms with van der Waals surface area (Å²) in [6.07, 6.45) is 13.5. The van der Waals surface area contributed by atoms with Gasteiger partial charge in [0.15, 0.2) is 5.89 Å². The third kappa shape index (κ3) is 3.80. The molecular formula is C26H40N2O3. The van der Waals surface area contributed by atoms with Gasteiger partial charge in [0, 0.05) is 12.1 Å². The summed E-state index contributed by atoms with van der Waals surface area (Å²) < 4.78 is 11.2. The number of aliphatic imine (C=N–C) groups is 1. The topological polar surface area (TPSA) is 67.9 Å². The Balaban J connectivity index is 1.16. The molecule has 1 aromatic heterocycles. The minimum absolute atomic E-state index is 0.0679. The van der Waals surface area contributed by atoms with Gasteiger partial charge < -0.3 is 14.3 Å². The number of aryl methyl sites for hydroxylation is 1. The Morgan fingerprint density at radius 1 is 1.13 bits per heavy atom. The number of aliphatic hydroxyl groups is 1. The maximum Gasteiger partial charge on any atom is 0.196 e. The van der Waals surface area contributed by atoms with Crippen LogP contribution in [0.2, 0.25) is 0 Å². The molecule has 0 bridgehead atoms. The lowest BCUT2D eigenvalue weighted by Gasteiger charge is -2.60. The summed E-state index contributed by atoms with van der Waals surface area (Å²) in [6.45, 7) is 7.95. The summed E-state index contributed by atoms with van der Waals surface area (Å²) in [7, 11) is 0. The summed E-state index contributed by atoms with van der Waals surface area (Å²) in [6, 6.07) is 0. The maximum atomic E-state index is 10.7. The summed E-state index contributed by atoms with van der Waals surface area (Å²) >= 11 is 0. The van der Waals surface area contributed by atoms with Gasteiger partial charge in [-0.3, -0.25) is 4.99 Å². The van der Waals surface area contributed by atoms with Crippen LogP contribution in [0.4, 0.5) is 0 Å². The molecule has 7 atom stereocenters.